The molecule has 5 nitrogen and oxygen atoms in total. The number of benzene rings is 1. The van der Waals surface area contributed by atoms with E-state index in [9.17, 15) is 8.42 Å². The molecule has 6 heteroatoms. The Morgan fingerprint density at radius 3 is 2.52 bits per heavy atom. The highest BCUT2D eigenvalue weighted by Gasteiger charge is 2.25. The van der Waals surface area contributed by atoms with Crippen molar-refractivity contribution in [2.24, 2.45) is 0 Å². The Morgan fingerprint density at radius 2 is 1.86 bits per heavy atom. The number of aromatic nitrogens is 1. The maximum absolute atomic E-state index is 12.6. The molecule has 0 atom stereocenters. The van der Waals surface area contributed by atoms with E-state index in [-0.39, 0.29) is 16.5 Å². The second-order valence-electron chi connectivity index (χ2n) is 4.93. The van der Waals surface area contributed by atoms with Crippen molar-refractivity contribution in [2.45, 2.75) is 42.5 Å². The third-order valence-corrected chi connectivity index (χ3v) is 4.99. The summed E-state index contributed by atoms with van der Waals surface area (Å²) in [5, 5.41) is 8.74. The van der Waals surface area contributed by atoms with Crippen molar-refractivity contribution in [1.82, 2.24) is 4.98 Å². The van der Waals surface area contributed by atoms with Gasteiger partial charge in [0.05, 0.1) is 4.90 Å². The number of rotatable bonds is 7. The maximum Gasteiger partial charge on any atom is 0.227 e. The summed E-state index contributed by atoms with van der Waals surface area (Å²) in [6, 6.07) is 6.67. The largest absolute Gasteiger partial charge is 0.447 e. The first-order chi connectivity index (χ1) is 10.1. The van der Waals surface area contributed by atoms with Gasteiger partial charge in [0.25, 0.3) is 0 Å². The summed E-state index contributed by atoms with van der Waals surface area (Å²) < 4.78 is 30.3. The molecule has 2 rings (SSSR count). The second kappa shape index (κ2) is 6.87. The molecule has 1 aromatic carbocycles. The number of sulfone groups is 1. The van der Waals surface area contributed by atoms with Crippen LogP contribution in [-0.4, -0.2) is 25.1 Å². The molecule has 0 aliphatic rings. The smallest absolute Gasteiger partial charge is 0.227 e. The SMILES string of the molecule is Cc1ccc(S(=O)(=O)c2ncoc2CCCCCO)cc1. The van der Waals surface area contributed by atoms with Gasteiger partial charge in [-0.25, -0.2) is 13.4 Å². The zero-order valence-corrected chi connectivity index (χ0v) is 12.8. The van der Waals surface area contributed by atoms with Gasteiger partial charge >= 0.3 is 0 Å². The van der Waals surface area contributed by atoms with E-state index in [1.54, 1.807) is 24.3 Å². The standard InChI is InChI=1S/C15H19NO4S/c1-12-6-8-13(9-7-12)21(18,19)15-14(20-11-16-15)5-3-2-4-10-17/h6-9,11,17H,2-5,10H2,1H3. The molecule has 0 aliphatic heterocycles. The Balaban J connectivity index is 2.21. The fourth-order valence-corrected chi connectivity index (χ4v) is 3.40. The quantitative estimate of drug-likeness (QED) is 0.795. The van der Waals surface area contributed by atoms with Gasteiger partial charge in [-0.1, -0.05) is 24.1 Å². The summed E-state index contributed by atoms with van der Waals surface area (Å²) in [5.74, 6) is 0.383. The Labute approximate surface area is 124 Å². The van der Waals surface area contributed by atoms with E-state index in [1.807, 2.05) is 6.92 Å². The lowest BCUT2D eigenvalue weighted by Gasteiger charge is -2.04. The Hall–Kier alpha value is -1.66. The minimum Gasteiger partial charge on any atom is -0.447 e. The first kappa shape index (κ1) is 15.7. The van der Waals surface area contributed by atoms with Crippen LogP contribution in [0.15, 0.2) is 45.0 Å². The minimum absolute atomic E-state index is 0.00430. The Morgan fingerprint density at radius 1 is 1.14 bits per heavy atom. The van der Waals surface area contributed by atoms with E-state index in [1.165, 1.54) is 6.39 Å². The highest BCUT2D eigenvalue weighted by molar-refractivity contribution is 7.91. The third-order valence-electron chi connectivity index (χ3n) is 3.25. The molecule has 0 bridgehead atoms. The lowest BCUT2D eigenvalue weighted by atomic mass is 10.2. The van der Waals surface area contributed by atoms with Crippen LogP contribution in [0.25, 0.3) is 0 Å². The minimum atomic E-state index is -3.64. The predicted molar refractivity (Wildman–Crippen MR) is 77.8 cm³/mol. The van der Waals surface area contributed by atoms with Crippen molar-refractivity contribution in [2.75, 3.05) is 6.61 Å². The molecule has 1 heterocycles. The van der Waals surface area contributed by atoms with Crippen molar-refractivity contribution in [1.29, 1.82) is 0 Å². The average molecular weight is 309 g/mol. The van der Waals surface area contributed by atoms with Gasteiger partial charge in [-0.05, 0) is 31.9 Å². The zero-order valence-electron chi connectivity index (χ0n) is 11.9. The normalized spacial score (nSPS) is 11.7. The Kier molecular flexibility index (Phi) is 5.14. The van der Waals surface area contributed by atoms with Crippen LogP contribution in [0, 0.1) is 6.92 Å². The van der Waals surface area contributed by atoms with E-state index in [0.717, 1.165) is 18.4 Å². The van der Waals surface area contributed by atoms with Gasteiger partial charge in [-0.2, -0.15) is 0 Å². The van der Waals surface area contributed by atoms with Crippen molar-refractivity contribution in [3.63, 3.8) is 0 Å². The van der Waals surface area contributed by atoms with Gasteiger partial charge in [-0.3, -0.25) is 0 Å². The van der Waals surface area contributed by atoms with Crippen LogP contribution >= 0.6 is 0 Å². The van der Waals surface area contributed by atoms with Gasteiger partial charge in [0.1, 0.15) is 5.76 Å². The number of aliphatic hydroxyl groups excluding tert-OH is 1. The lowest BCUT2D eigenvalue weighted by Crippen LogP contribution is -2.05. The van der Waals surface area contributed by atoms with Crippen molar-refractivity contribution in [3.8, 4) is 0 Å². The molecular formula is C15H19NO4S. The van der Waals surface area contributed by atoms with Gasteiger partial charge in [0.2, 0.25) is 14.9 Å². The molecule has 0 saturated heterocycles. The fraction of sp³-hybridized carbons (Fsp3) is 0.400. The summed E-state index contributed by atoms with van der Waals surface area (Å²) in [4.78, 5) is 4.10. The highest BCUT2D eigenvalue weighted by Crippen LogP contribution is 2.24. The monoisotopic (exact) mass is 309 g/mol. The van der Waals surface area contributed by atoms with E-state index < -0.39 is 9.84 Å². The number of hydrogen-bond acceptors (Lipinski definition) is 5. The van der Waals surface area contributed by atoms with Crippen LogP contribution in [0.5, 0.6) is 0 Å². The lowest BCUT2D eigenvalue weighted by molar-refractivity contribution is 0.282. The molecule has 21 heavy (non-hydrogen) atoms. The molecule has 0 amide bonds. The van der Waals surface area contributed by atoms with Crippen LogP contribution in [0.1, 0.15) is 30.6 Å². The molecular weight excluding hydrogens is 290 g/mol. The van der Waals surface area contributed by atoms with Gasteiger partial charge < -0.3 is 9.52 Å². The molecule has 0 aliphatic carbocycles. The molecule has 0 spiro atoms. The van der Waals surface area contributed by atoms with E-state index in [2.05, 4.69) is 4.98 Å². The van der Waals surface area contributed by atoms with Crippen LogP contribution in [0.2, 0.25) is 0 Å². The molecule has 0 radical (unpaired) electrons. The number of oxazole rings is 1. The van der Waals surface area contributed by atoms with Crippen LogP contribution in [-0.2, 0) is 16.3 Å². The van der Waals surface area contributed by atoms with Crippen molar-refractivity contribution in [3.05, 3.63) is 42.0 Å². The maximum atomic E-state index is 12.6. The topological polar surface area (TPSA) is 80.4 Å². The third kappa shape index (κ3) is 3.71. The summed E-state index contributed by atoms with van der Waals surface area (Å²) in [5.41, 5.74) is 0.998. The summed E-state index contributed by atoms with van der Waals surface area (Å²) in [7, 11) is -3.64. The van der Waals surface area contributed by atoms with E-state index >= 15 is 0 Å². The first-order valence-corrected chi connectivity index (χ1v) is 8.39. The zero-order chi connectivity index (χ0) is 15.3. The van der Waals surface area contributed by atoms with Crippen molar-refractivity contribution >= 4 is 9.84 Å². The van der Waals surface area contributed by atoms with E-state index in [0.29, 0.717) is 18.6 Å². The second-order valence-corrected chi connectivity index (χ2v) is 6.80. The first-order valence-electron chi connectivity index (χ1n) is 6.90. The number of nitrogens with zero attached hydrogens (tertiary/aromatic N) is 1. The van der Waals surface area contributed by atoms with Gasteiger partial charge in [-0.15, -0.1) is 0 Å². The fourth-order valence-electron chi connectivity index (χ4n) is 2.05. The van der Waals surface area contributed by atoms with Gasteiger partial charge in [0.15, 0.2) is 6.39 Å². The van der Waals surface area contributed by atoms with Crippen LogP contribution in [0.3, 0.4) is 0 Å². The molecule has 2 aromatic rings. The average Bonchev–Trinajstić information content (AvgIpc) is 2.93. The molecule has 0 unspecified atom stereocenters. The molecule has 0 fully saturated rings. The molecule has 114 valence electrons. The number of unbranched alkanes of at least 4 members (excludes halogenated alkanes) is 2. The van der Waals surface area contributed by atoms with Crippen LogP contribution < -0.4 is 0 Å². The Bertz CT molecular complexity index is 674. The predicted octanol–water partition coefficient (Wildman–Crippen LogP) is 2.52. The van der Waals surface area contributed by atoms with Crippen LogP contribution in [0.4, 0.5) is 0 Å². The highest BCUT2D eigenvalue weighted by atomic mass is 32.2. The summed E-state index contributed by atoms with van der Waals surface area (Å²) in [6.07, 6.45) is 3.95. The summed E-state index contributed by atoms with van der Waals surface area (Å²) >= 11 is 0. The number of hydrogen-bond donors (Lipinski definition) is 1. The molecule has 1 N–H and O–H groups in total. The number of aryl methyl sites for hydroxylation is 2. The van der Waals surface area contributed by atoms with Gasteiger partial charge in [0, 0.05) is 13.0 Å². The number of aliphatic hydroxyl groups is 1. The molecule has 0 saturated carbocycles. The van der Waals surface area contributed by atoms with E-state index in [4.69, 9.17) is 9.52 Å². The molecule has 1 aromatic heterocycles. The summed E-state index contributed by atoms with van der Waals surface area (Å²) in [6.45, 7) is 2.05. The van der Waals surface area contributed by atoms with Crippen molar-refractivity contribution < 1.29 is 17.9 Å².